The predicted molar refractivity (Wildman–Crippen MR) is 87.3 cm³/mol. The number of benzene rings is 2. The molecule has 2 aromatic carbocycles. The van der Waals surface area contributed by atoms with Crippen molar-refractivity contribution >= 4 is 27.5 Å². The molecule has 0 heterocycles. The van der Waals surface area contributed by atoms with Gasteiger partial charge in [-0.25, -0.2) is 0 Å². The van der Waals surface area contributed by atoms with Crippen LogP contribution in [0.5, 0.6) is 0 Å². The molecule has 2 aromatic rings. The second-order valence-corrected chi connectivity index (χ2v) is 5.54. The van der Waals surface area contributed by atoms with Crippen LogP contribution < -0.4 is 5.32 Å². The van der Waals surface area contributed by atoms with Crippen molar-refractivity contribution in [3.63, 3.8) is 0 Å². The highest BCUT2D eigenvalue weighted by molar-refractivity contribution is 9.08. The number of hydrogen-bond acceptors (Lipinski definition) is 1. The zero-order chi connectivity index (χ0) is 14.5. The van der Waals surface area contributed by atoms with Gasteiger partial charge in [0.2, 0.25) is 5.91 Å². The van der Waals surface area contributed by atoms with Crippen LogP contribution in [0.15, 0.2) is 42.5 Å². The summed E-state index contributed by atoms with van der Waals surface area (Å²) < 4.78 is 0. The second kappa shape index (κ2) is 6.71. The van der Waals surface area contributed by atoms with Crippen molar-refractivity contribution in [2.75, 3.05) is 5.32 Å². The van der Waals surface area contributed by atoms with Crippen molar-refractivity contribution in [1.82, 2.24) is 0 Å². The molecule has 0 aliphatic heterocycles. The van der Waals surface area contributed by atoms with E-state index in [-0.39, 0.29) is 5.91 Å². The number of rotatable bonds is 4. The van der Waals surface area contributed by atoms with Gasteiger partial charge >= 0.3 is 0 Å². The highest BCUT2D eigenvalue weighted by Crippen LogP contribution is 2.14. The smallest absolute Gasteiger partial charge is 0.228 e. The van der Waals surface area contributed by atoms with Gasteiger partial charge in [-0.1, -0.05) is 46.3 Å². The number of aryl methyl sites for hydroxylation is 2. The lowest BCUT2D eigenvalue weighted by Gasteiger charge is -2.08. The zero-order valence-corrected chi connectivity index (χ0v) is 13.3. The Bertz CT molecular complexity index is 622. The summed E-state index contributed by atoms with van der Waals surface area (Å²) in [6.45, 7) is 4.14. The fourth-order valence-electron chi connectivity index (χ4n) is 2.04. The number of carbonyl (C=O) groups is 1. The first-order chi connectivity index (χ1) is 9.58. The lowest BCUT2D eigenvalue weighted by Crippen LogP contribution is -2.14. The molecule has 0 saturated heterocycles. The molecule has 3 heteroatoms. The summed E-state index contributed by atoms with van der Waals surface area (Å²) in [5, 5.41) is 3.73. The molecule has 2 nitrogen and oxygen atoms in total. The average molecular weight is 332 g/mol. The number of hydrogen-bond donors (Lipinski definition) is 1. The van der Waals surface area contributed by atoms with Crippen molar-refractivity contribution in [2.45, 2.75) is 25.6 Å². The van der Waals surface area contributed by atoms with E-state index in [9.17, 15) is 4.79 Å². The summed E-state index contributed by atoms with van der Waals surface area (Å²) in [6, 6.07) is 14.0. The SMILES string of the molecule is Cc1ccc(CC(=O)Nc2cccc(CBr)c2)cc1C. The Morgan fingerprint density at radius 2 is 1.85 bits per heavy atom. The highest BCUT2D eigenvalue weighted by Gasteiger charge is 2.05. The minimum Gasteiger partial charge on any atom is -0.326 e. The molecule has 0 aromatic heterocycles. The van der Waals surface area contributed by atoms with E-state index in [2.05, 4.69) is 47.2 Å². The van der Waals surface area contributed by atoms with Crippen LogP contribution in [0.25, 0.3) is 0 Å². The highest BCUT2D eigenvalue weighted by atomic mass is 79.9. The first kappa shape index (κ1) is 14.8. The first-order valence-electron chi connectivity index (χ1n) is 6.59. The zero-order valence-electron chi connectivity index (χ0n) is 11.7. The summed E-state index contributed by atoms with van der Waals surface area (Å²) in [7, 11) is 0. The van der Waals surface area contributed by atoms with Crippen molar-refractivity contribution in [2.24, 2.45) is 0 Å². The summed E-state index contributed by atoms with van der Waals surface area (Å²) in [4.78, 5) is 12.1. The maximum Gasteiger partial charge on any atom is 0.228 e. The van der Waals surface area contributed by atoms with Crippen LogP contribution in [0.1, 0.15) is 22.3 Å². The van der Waals surface area contributed by atoms with Crippen LogP contribution in [-0.4, -0.2) is 5.91 Å². The van der Waals surface area contributed by atoms with E-state index in [0.717, 1.165) is 22.1 Å². The summed E-state index contributed by atoms with van der Waals surface area (Å²) in [5.41, 5.74) is 5.50. The molecular formula is C17H18BrNO. The summed E-state index contributed by atoms with van der Waals surface area (Å²) >= 11 is 3.41. The Kier molecular flexibility index (Phi) is 4.96. The molecule has 104 valence electrons. The molecule has 0 unspecified atom stereocenters. The molecule has 20 heavy (non-hydrogen) atoms. The predicted octanol–water partition coefficient (Wildman–Crippen LogP) is 4.38. The Balaban J connectivity index is 2.03. The third-order valence-electron chi connectivity index (χ3n) is 3.30. The second-order valence-electron chi connectivity index (χ2n) is 4.98. The Morgan fingerprint density at radius 3 is 2.55 bits per heavy atom. The van der Waals surface area contributed by atoms with E-state index in [1.807, 2.05) is 30.3 Å². The van der Waals surface area contributed by atoms with E-state index in [1.165, 1.54) is 11.1 Å². The van der Waals surface area contributed by atoms with Gasteiger partial charge in [-0.15, -0.1) is 0 Å². The number of carbonyl (C=O) groups excluding carboxylic acids is 1. The summed E-state index contributed by atoms with van der Waals surface area (Å²) in [6.07, 6.45) is 0.402. The molecular weight excluding hydrogens is 314 g/mol. The maximum atomic E-state index is 12.1. The number of alkyl halides is 1. The number of nitrogens with one attached hydrogen (secondary N) is 1. The molecule has 0 aliphatic carbocycles. The molecule has 2 rings (SSSR count). The maximum absolute atomic E-state index is 12.1. The van der Waals surface area contributed by atoms with Gasteiger partial charge < -0.3 is 5.32 Å². The number of halogens is 1. The lowest BCUT2D eigenvalue weighted by atomic mass is 10.0. The molecule has 0 bridgehead atoms. The van der Waals surface area contributed by atoms with Gasteiger partial charge in [0.1, 0.15) is 0 Å². The van der Waals surface area contributed by atoms with Gasteiger partial charge in [-0.05, 0) is 48.2 Å². The number of anilines is 1. The van der Waals surface area contributed by atoms with Gasteiger partial charge in [0.25, 0.3) is 0 Å². The summed E-state index contributed by atoms with van der Waals surface area (Å²) in [5.74, 6) is 0.0139. The monoisotopic (exact) mass is 331 g/mol. The van der Waals surface area contributed by atoms with Crippen molar-refractivity contribution in [3.05, 3.63) is 64.7 Å². The van der Waals surface area contributed by atoms with E-state index in [0.29, 0.717) is 6.42 Å². The van der Waals surface area contributed by atoms with Crippen molar-refractivity contribution in [3.8, 4) is 0 Å². The normalized spacial score (nSPS) is 10.3. The van der Waals surface area contributed by atoms with Gasteiger partial charge in [-0.3, -0.25) is 4.79 Å². The number of amides is 1. The van der Waals surface area contributed by atoms with Crippen LogP contribution in [0.2, 0.25) is 0 Å². The first-order valence-corrected chi connectivity index (χ1v) is 7.71. The van der Waals surface area contributed by atoms with Crippen molar-refractivity contribution in [1.29, 1.82) is 0 Å². The van der Waals surface area contributed by atoms with E-state index < -0.39 is 0 Å². The van der Waals surface area contributed by atoms with E-state index in [4.69, 9.17) is 0 Å². The van der Waals surface area contributed by atoms with Crippen LogP contribution >= 0.6 is 15.9 Å². The van der Waals surface area contributed by atoms with Gasteiger partial charge in [0.05, 0.1) is 6.42 Å². The Hall–Kier alpha value is -1.61. The topological polar surface area (TPSA) is 29.1 Å². The third-order valence-corrected chi connectivity index (χ3v) is 3.95. The standard InChI is InChI=1S/C17H18BrNO/c1-12-6-7-14(8-13(12)2)10-17(20)19-16-5-3-4-15(9-16)11-18/h3-9H,10-11H2,1-2H3,(H,19,20). The van der Waals surface area contributed by atoms with Crippen LogP contribution in [0.4, 0.5) is 5.69 Å². The molecule has 0 atom stereocenters. The van der Waals surface area contributed by atoms with Gasteiger partial charge in [0.15, 0.2) is 0 Å². The van der Waals surface area contributed by atoms with Gasteiger partial charge in [-0.2, -0.15) is 0 Å². The van der Waals surface area contributed by atoms with Gasteiger partial charge in [0, 0.05) is 11.0 Å². The third kappa shape index (κ3) is 3.94. The lowest BCUT2D eigenvalue weighted by molar-refractivity contribution is -0.115. The average Bonchev–Trinajstić information content (AvgIpc) is 2.43. The quantitative estimate of drug-likeness (QED) is 0.827. The Labute approximate surface area is 128 Å². The fourth-order valence-corrected chi connectivity index (χ4v) is 2.39. The largest absolute Gasteiger partial charge is 0.326 e. The molecule has 0 spiro atoms. The van der Waals surface area contributed by atoms with E-state index >= 15 is 0 Å². The fraction of sp³-hybridized carbons (Fsp3) is 0.235. The molecule has 0 saturated carbocycles. The Morgan fingerprint density at radius 1 is 1.05 bits per heavy atom. The van der Waals surface area contributed by atoms with Crippen molar-refractivity contribution < 1.29 is 4.79 Å². The van der Waals surface area contributed by atoms with Crippen LogP contribution in [0.3, 0.4) is 0 Å². The molecule has 0 aliphatic rings. The molecule has 1 amide bonds. The minimum absolute atomic E-state index is 0.0139. The van der Waals surface area contributed by atoms with Crippen LogP contribution in [-0.2, 0) is 16.5 Å². The molecule has 0 radical (unpaired) electrons. The van der Waals surface area contributed by atoms with Crippen LogP contribution in [0, 0.1) is 13.8 Å². The van der Waals surface area contributed by atoms with E-state index in [1.54, 1.807) is 0 Å². The minimum atomic E-state index is 0.0139. The molecule has 1 N–H and O–H groups in total. The molecule has 0 fully saturated rings.